The van der Waals surface area contributed by atoms with Crippen LogP contribution in [0.5, 0.6) is 5.75 Å². The maximum Gasteiger partial charge on any atom is 0.227 e. The highest BCUT2D eigenvalue weighted by atomic mass is 16.5. The van der Waals surface area contributed by atoms with Crippen LogP contribution in [-0.2, 0) is 22.5 Å². The minimum atomic E-state index is -0.00143. The number of carbonyl (C=O) groups is 1. The number of rotatable bonds is 3. The molecule has 0 bridgehead atoms. The van der Waals surface area contributed by atoms with E-state index < -0.39 is 0 Å². The number of fused-ring (bicyclic) bond motifs is 4. The van der Waals surface area contributed by atoms with Crippen LogP contribution < -0.4 is 4.74 Å². The number of para-hydroxylation sites is 1. The lowest BCUT2D eigenvalue weighted by molar-refractivity contribution is -0.137. The molecule has 168 valence electrons. The Morgan fingerprint density at radius 3 is 2.66 bits per heavy atom. The second-order valence-electron chi connectivity index (χ2n) is 9.85. The number of likely N-dealkylation sites (tertiary alicyclic amines) is 1. The van der Waals surface area contributed by atoms with Crippen LogP contribution in [0.3, 0.4) is 0 Å². The van der Waals surface area contributed by atoms with Gasteiger partial charge < -0.3 is 14.4 Å². The molecule has 2 aromatic rings. The lowest BCUT2D eigenvalue weighted by Crippen LogP contribution is -2.43. The van der Waals surface area contributed by atoms with E-state index in [4.69, 9.17) is 9.47 Å². The number of amides is 1. The van der Waals surface area contributed by atoms with Crippen molar-refractivity contribution in [2.45, 2.75) is 31.8 Å². The Labute approximate surface area is 190 Å². The van der Waals surface area contributed by atoms with Crippen LogP contribution >= 0.6 is 0 Å². The minimum absolute atomic E-state index is 0.00143. The molecule has 4 aliphatic rings. The molecule has 4 aliphatic heterocycles. The summed E-state index contributed by atoms with van der Waals surface area (Å²) in [5.74, 6) is 2.17. The van der Waals surface area contributed by atoms with Crippen LogP contribution in [0.2, 0.25) is 0 Å². The van der Waals surface area contributed by atoms with Crippen LogP contribution in [0.15, 0.2) is 48.5 Å². The third-order valence-electron chi connectivity index (χ3n) is 8.01. The minimum Gasteiger partial charge on any atom is -0.493 e. The Morgan fingerprint density at radius 2 is 1.78 bits per heavy atom. The Kier molecular flexibility index (Phi) is 5.40. The molecular weight excluding hydrogens is 400 g/mol. The van der Waals surface area contributed by atoms with Gasteiger partial charge >= 0.3 is 0 Å². The summed E-state index contributed by atoms with van der Waals surface area (Å²) in [7, 11) is 0. The molecular formula is C27H32N2O3. The lowest BCUT2D eigenvalue weighted by atomic mass is 9.84. The molecule has 0 N–H and O–H groups in total. The van der Waals surface area contributed by atoms with Crippen LogP contribution in [0.1, 0.15) is 35.6 Å². The van der Waals surface area contributed by atoms with E-state index in [1.165, 1.54) is 16.7 Å². The van der Waals surface area contributed by atoms with Gasteiger partial charge in [0.05, 0.1) is 12.5 Å². The van der Waals surface area contributed by atoms with Crippen molar-refractivity contribution in [2.24, 2.45) is 17.8 Å². The predicted octanol–water partition coefficient (Wildman–Crippen LogP) is 3.68. The SMILES string of the molecule is O=C([C@@H]1CN(CC2CCOCC2)[C@H]2c3ccccc3OC[C@@H]12)N1CCc2ccccc2C1. The molecule has 0 aliphatic carbocycles. The molecule has 5 heteroatoms. The molecule has 0 unspecified atom stereocenters. The molecule has 0 aromatic heterocycles. The van der Waals surface area contributed by atoms with Crippen molar-refractivity contribution in [1.29, 1.82) is 0 Å². The maximum atomic E-state index is 13.8. The van der Waals surface area contributed by atoms with Gasteiger partial charge in [0.2, 0.25) is 5.91 Å². The van der Waals surface area contributed by atoms with Gasteiger partial charge in [-0.1, -0.05) is 42.5 Å². The summed E-state index contributed by atoms with van der Waals surface area (Å²) < 4.78 is 11.8. The topological polar surface area (TPSA) is 42.0 Å². The third kappa shape index (κ3) is 3.61. The van der Waals surface area contributed by atoms with Crippen LogP contribution in [0.25, 0.3) is 0 Å². The second-order valence-corrected chi connectivity index (χ2v) is 9.85. The molecule has 2 aromatic carbocycles. The number of hydrogen-bond donors (Lipinski definition) is 0. The highest BCUT2D eigenvalue weighted by molar-refractivity contribution is 5.80. The Balaban J connectivity index is 1.26. The average Bonchev–Trinajstić information content (AvgIpc) is 3.22. The predicted molar refractivity (Wildman–Crippen MR) is 122 cm³/mol. The summed E-state index contributed by atoms with van der Waals surface area (Å²) in [5.41, 5.74) is 3.94. The van der Waals surface area contributed by atoms with Gasteiger partial charge in [-0.3, -0.25) is 9.69 Å². The zero-order valence-electron chi connectivity index (χ0n) is 18.6. The summed E-state index contributed by atoms with van der Waals surface area (Å²) in [4.78, 5) is 18.5. The Morgan fingerprint density at radius 1 is 1.00 bits per heavy atom. The van der Waals surface area contributed by atoms with Crippen molar-refractivity contribution in [3.8, 4) is 5.75 Å². The van der Waals surface area contributed by atoms with Crippen molar-refractivity contribution >= 4 is 5.91 Å². The normalized spacial score (nSPS) is 27.9. The highest BCUT2D eigenvalue weighted by Gasteiger charge is 2.50. The number of hydrogen-bond acceptors (Lipinski definition) is 4. The zero-order valence-corrected chi connectivity index (χ0v) is 18.6. The van der Waals surface area contributed by atoms with E-state index in [0.717, 1.165) is 64.4 Å². The van der Waals surface area contributed by atoms with E-state index in [0.29, 0.717) is 18.4 Å². The van der Waals surface area contributed by atoms with Crippen molar-refractivity contribution in [2.75, 3.05) is 39.5 Å². The number of benzene rings is 2. The van der Waals surface area contributed by atoms with Gasteiger partial charge in [-0.2, -0.15) is 0 Å². The van der Waals surface area contributed by atoms with Gasteiger partial charge in [0.1, 0.15) is 5.75 Å². The number of nitrogens with zero attached hydrogens (tertiary/aromatic N) is 2. The van der Waals surface area contributed by atoms with Gasteiger partial charge in [-0.25, -0.2) is 0 Å². The molecule has 1 amide bonds. The molecule has 2 fully saturated rings. The first-order chi connectivity index (χ1) is 15.8. The van der Waals surface area contributed by atoms with Crippen LogP contribution in [-0.4, -0.2) is 55.2 Å². The van der Waals surface area contributed by atoms with E-state index in [2.05, 4.69) is 52.3 Å². The van der Waals surface area contributed by atoms with Gasteiger partial charge in [0, 0.05) is 56.9 Å². The fourth-order valence-corrected chi connectivity index (χ4v) is 6.30. The van der Waals surface area contributed by atoms with Gasteiger partial charge in [-0.05, 0) is 42.4 Å². The molecule has 4 heterocycles. The molecule has 0 radical (unpaired) electrons. The zero-order chi connectivity index (χ0) is 21.5. The fraction of sp³-hybridized carbons (Fsp3) is 0.519. The van der Waals surface area contributed by atoms with E-state index in [-0.39, 0.29) is 17.9 Å². The summed E-state index contributed by atoms with van der Waals surface area (Å²) in [6.45, 7) is 5.80. The standard InChI is InChI=1S/C27H32N2O3/c30-27(28-12-9-20-5-1-2-6-21(20)16-28)23-17-29(15-19-10-13-31-14-11-19)26-22-7-3-4-8-25(22)32-18-24(23)26/h1-8,19,23-24,26H,9-18H2/t23-,24+,26+/m1/s1. The molecule has 0 saturated carbocycles. The second kappa shape index (κ2) is 8.53. The molecule has 2 saturated heterocycles. The number of carbonyl (C=O) groups excluding carboxylic acids is 1. The van der Waals surface area contributed by atoms with Crippen LogP contribution in [0, 0.1) is 17.8 Å². The molecule has 3 atom stereocenters. The summed E-state index contributed by atoms with van der Waals surface area (Å²) in [6, 6.07) is 17.3. The van der Waals surface area contributed by atoms with Gasteiger partial charge in [-0.15, -0.1) is 0 Å². The largest absolute Gasteiger partial charge is 0.493 e. The first-order valence-corrected chi connectivity index (χ1v) is 12.2. The Hall–Kier alpha value is -2.37. The third-order valence-corrected chi connectivity index (χ3v) is 8.01. The quantitative estimate of drug-likeness (QED) is 0.742. The van der Waals surface area contributed by atoms with Crippen molar-refractivity contribution in [3.63, 3.8) is 0 Å². The smallest absolute Gasteiger partial charge is 0.227 e. The van der Waals surface area contributed by atoms with E-state index in [1.54, 1.807) is 0 Å². The van der Waals surface area contributed by atoms with Gasteiger partial charge in [0.25, 0.3) is 0 Å². The summed E-state index contributed by atoms with van der Waals surface area (Å²) in [5, 5.41) is 0. The summed E-state index contributed by atoms with van der Waals surface area (Å²) in [6.07, 6.45) is 3.19. The molecule has 0 spiro atoms. The molecule has 6 rings (SSSR count). The highest BCUT2D eigenvalue weighted by Crippen LogP contribution is 2.48. The maximum absolute atomic E-state index is 13.8. The van der Waals surface area contributed by atoms with E-state index in [1.807, 2.05) is 6.07 Å². The number of ether oxygens (including phenoxy) is 2. The van der Waals surface area contributed by atoms with E-state index >= 15 is 0 Å². The van der Waals surface area contributed by atoms with Crippen molar-refractivity contribution in [1.82, 2.24) is 9.80 Å². The average molecular weight is 433 g/mol. The first kappa shape index (κ1) is 20.3. The van der Waals surface area contributed by atoms with Crippen LogP contribution in [0.4, 0.5) is 0 Å². The van der Waals surface area contributed by atoms with Crippen molar-refractivity contribution < 1.29 is 14.3 Å². The van der Waals surface area contributed by atoms with E-state index in [9.17, 15) is 4.79 Å². The van der Waals surface area contributed by atoms with Gasteiger partial charge in [0.15, 0.2) is 0 Å². The fourth-order valence-electron chi connectivity index (χ4n) is 6.30. The lowest BCUT2D eigenvalue weighted by Gasteiger charge is -2.37. The Bertz CT molecular complexity index is 986. The van der Waals surface area contributed by atoms with Crippen molar-refractivity contribution in [3.05, 3.63) is 65.2 Å². The monoisotopic (exact) mass is 432 g/mol. The molecule has 32 heavy (non-hydrogen) atoms. The summed E-state index contributed by atoms with van der Waals surface area (Å²) >= 11 is 0. The first-order valence-electron chi connectivity index (χ1n) is 12.2. The molecule has 5 nitrogen and oxygen atoms in total.